The number of ether oxygens (including phenoxy) is 5. The van der Waals surface area contributed by atoms with Gasteiger partial charge in [0, 0.05) is 25.1 Å². The van der Waals surface area contributed by atoms with Gasteiger partial charge in [0.05, 0.1) is 29.8 Å². The summed E-state index contributed by atoms with van der Waals surface area (Å²) in [4.78, 5) is 25.4. The lowest BCUT2D eigenvalue weighted by Crippen LogP contribution is -2.28. The van der Waals surface area contributed by atoms with Gasteiger partial charge in [-0.2, -0.15) is 0 Å². The van der Waals surface area contributed by atoms with Gasteiger partial charge >= 0.3 is 11.9 Å². The van der Waals surface area contributed by atoms with Gasteiger partial charge in [-0.1, -0.05) is 12.1 Å². The van der Waals surface area contributed by atoms with Gasteiger partial charge in [-0.15, -0.1) is 0 Å². The summed E-state index contributed by atoms with van der Waals surface area (Å²) in [5.41, 5.74) is 1.16. The maximum absolute atomic E-state index is 12.7. The Balaban J connectivity index is 1.98. The van der Waals surface area contributed by atoms with Crippen molar-refractivity contribution in [2.45, 2.75) is 25.9 Å². The van der Waals surface area contributed by atoms with Crippen LogP contribution >= 0.6 is 0 Å². The lowest BCUT2D eigenvalue weighted by molar-refractivity contribution is -0.143. The predicted octanol–water partition coefficient (Wildman–Crippen LogP) is 2.01. The standard InChI is InChI=1S/C20H23NO7/c1-12(2)28-20(23)15-10-21-9-14(19(22)25-8-7-24-3)17(15)13-5-4-6-16-18(13)27-11-26-16/h4-6,9-10,12,17,21H,7-8,11H2,1-3H3. The fourth-order valence-electron chi connectivity index (χ4n) is 3.01. The van der Waals surface area contributed by atoms with Crippen molar-refractivity contribution < 1.29 is 33.3 Å². The highest BCUT2D eigenvalue weighted by molar-refractivity contribution is 5.99. The van der Waals surface area contributed by atoms with Crippen molar-refractivity contribution >= 4 is 11.9 Å². The van der Waals surface area contributed by atoms with E-state index < -0.39 is 17.9 Å². The molecule has 0 saturated carbocycles. The van der Waals surface area contributed by atoms with E-state index >= 15 is 0 Å². The summed E-state index contributed by atoms with van der Waals surface area (Å²) in [7, 11) is 1.52. The van der Waals surface area contributed by atoms with Crippen molar-refractivity contribution in [1.82, 2.24) is 5.32 Å². The molecule has 8 heteroatoms. The number of para-hydroxylation sites is 1. The number of methoxy groups -OCH3 is 1. The van der Waals surface area contributed by atoms with Crippen molar-refractivity contribution in [3.05, 3.63) is 47.3 Å². The summed E-state index contributed by atoms with van der Waals surface area (Å²) in [5.74, 6) is -0.763. The molecule has 28 heavy (non-hydrogen) atoms. The van der Waals surface area contributed by atoms with Crippen molar-refractivity contribution in [1.29, 1.82) is 0 Å². The van der Waals surface area contributed by atoms with Crippen molar-refractivity contribution in [3.8, 4) is 11.5 Å². The summed E-state index contributed by atoms with van der Waals surface area (Å²) in [6, 6.07) is 5.34. The highest BCUT2D eigenvalue weighted by Gasteiger charge is 2.37. The Bertz CT molecular complexity index is 813. The number of rotatable bonds is 7. The van der Waals surface area contributed by atoms with Crippen LogP contribution in [0.2, 0.25) is 0 Å². The molecular formula is C20H23NO7. The third-order valence-electron chi connectivity index (χ3n) is 4.17. The van der Waals surface area contributed by atoms with Crippen molar-refractivity contribution in [2.24, 2.45) is 0 Å². The second-order valence-corrected chi connectivity index (χ2v) is 6.46. The zero-order chi connectivity index (χ0) is 20.1. The fourth-order valence-corrected chi connectivity index (χ4v) is 3.01. The van der Waals surface area contributed by atoms with Gasteiger partial charge in [0.2, 0.25) is 6.79 Å². The number of carbonyl (C=O) groups is 2. The number of carbonyl (C=O) groups excluding carboxylic acids is 2. The second kappa shape index (κ2) is 8.79. The highest BCUT2D eigenvalue weighted by atomic mass is 16.7. The van der Waals surface area contributed by atoms with E-state index in [-0.39, 0.29) is 37.3 Å². The Kier molecular flexibility index (Phi) is 6.20. The molecular weight excluding hydrogens is 366 g/mol. The first kappa shape index (κ1) is 19.8. The fraction of sp³-hybridized carbons (Fsp3) is 0.400. The summed E-state index contributed by atoms with van der Waals surface area (Å²) < 4.78 is 26.6. The summed E-state index contributed by atoms with van der Waals surface area (Å²) in [6.45, 7) is 3.96. The number of fused-ring (bicyclic) bond motifs is 1. The van der Waals surface area contributed by atoms with E-state index in [0.717, 1.165) is 0 Å². The molecule has 0 aromatic heterocycles. The minimum atomic E-state index is -0.723. The molecule has 0 bridgehead atoms. The van der Waals surface area contributed by atoms with Crippen LogP contribution in [-0.2, 0) is 23.8 Å². The van der Waals surface area contributed by atoms with Crippen LogP contribution in [0.5, 0.6) is 11.5 Å². The van der Waals surface area contributed by atoms with Crippen LogP contribution in [0, 0.1) is 0 Å². The molecule has 2 aliphatic rings. The maximum atomic E-state index is 12.7. The first-order valence-electron chi connectivity index (χ1n) is 8.94. The van der Waals surface area contributed by atoms with E-state index in [2.05, 4.69) is 5.32 Å². The van der Waals surface area contributed by atoms with E-state index in [1.807, 2.05) is 0 Å². The summed E-state index contributed by atoms with van der Waals surface area (Å²) in [6.07, 6.45) is 2.73. The lowest BCUT2D eigenvalue weighted by atomic mass is 9.83. The molecule has 0 radical (unpaired) electrons. The molecule has 0 fully saturated rings. The highest BCUT2D eigenvalue weighted by Crippen LogP contribution is 2.45. The Labute approximate surface area is 163 Å². The van der Waals surface area contributed by atoms with Crippen molar-refractivity contribution in [3.63, 3.8) is 0 Å². The Morgan fingerprint density at radius 1 is 1.14 bits per heavy atom. The van der Waals surface area contributed by atoms with Gasteiger partial charge in [0.1, 0.15) is 6.61 Å². The maximum Gasteiger partial charge on any atom is 0.336 e. The molecule has 8 nitrogen and oxygen atoms in total. The van der Waals surface area contributed by atoms with E-state index in [4.69, 9.17) is 23.7 Å². The monoisotopic (exact) mass is 389 g/mol. The Morgan fingerprint density at radius 2 is 1.89 bits per heavy atom. The van der Waals surface area contributed by atoms with E-state index in [9.17, 15) is 9.59 Å². The molecule has 1 unspecified atom stereocenters. The van der Waals surface area contributed by atoms with Gasteiger partial charge < -0.3 is 29.0 Å². The van der Waals surface area contributed by atoms with Crippen LogP contribution < -0.4 is 14.8 Å². The number of hydrogen-bond donors (Lipinski definition) is 1. The zero-order valence-electron chi connectivity index (χ0n) is 16.0. The zero-order valence-corrected chi connectivity index (χ0v) is 16.0. The van der Waals surface area contributed by atoms with E-state index in [0.29, 0.717) is 17.1 Å². The molecule has 1 atom stereocenters. The molecule has 1 aromatic rings. The van der Waals surface area contributed by atoms with Gasteiger partial charge in [-0.3, -0.25) is 0 Å². The van der Waals surface area contributed by atoms with Crippen LogP contribution in [0.3, 0.4) is 0 Å². The quantitative estimate of drug-likeness (QED) is 0.559. The number of esters is 2. The number of dihydropyridines is 1. The minimum absolute atomic E-state index is 0.0735. The molecule has 0 aliphatic carbocycles. The van der Waals surface area contributed by atoms with Crippen LogP contribution in [0.15, 0.2) is 41.7 Å². The van der Waals surface area contributed by atoms with Crippen molar-refractivity contribution in [2.75, 3.05) is 27.1 Å². The van der Waals surface area contributed by atoms with Crippen LogP contribution in [0.25, 0.3) is 0 Å². The Morgan fingerprint density at radius 3 is 2.61 bits per heavy atom. The molecule has 0 saturated heterocycles. The minimum Gasteiger partial charge on any atom is -0.460 e. The van der Waals surface area contributed by atoms with Gasteiger partial charge in [0.15, 0.2) is 11.5 Å². The number of nitrogens with one attached hydrogen (secondary N) is 1. The third-order valence-corrected chi connectivity index (χ3v) is 4.17. The molecule has 0 spiro atoms. The number of hydrogen-bond acceptors (Lipinski definition) is 8. The first-order valence-corrected chi connectivity index (χ1v) is 8.94. The van der Waals surface area contributed by atoms with Crippen LogP contribution in [0.1, 0.15) is 25.3 Å². The lowest BCUT2D eigenvalue weighted by Gasteiger charge is -2.26. The first-order chi connectivity index (χ1) is 13.5. The molecule has 150 valence electrons. The average molecular weight is 389 g/mol. The van der Waals surface area contributed by atoms with E-state index in [1.54, 1.807) is 32.0 Å². The molecule has 1 aromatic carbocycles. The Hall–Kier alpha value is -3.00. The smallest absolute Gasteiger partial charge is 0.336 e. The SMILES string of the molecule is COCCOC(=O)C1=CNC=C(C(=O)OC(C)C)C1c1cccc2c1OCO2. The number of benzene rings is 1. The van der Waals surface area contributed by atoms with Gasteiger partial charge in [-0.05, 0) is 19.9 Å². The normalized spacial score (nSPS) is 17.5. The summed E-state index contributed by atoms with van der Waals surface area (Å²) in [5, 5.41) is 2.85. The van der Waals surface area contributed by atoms with Gasteiger partial charge in [-0.25, -0.2) is 9.59 Å². The topological polar surface area (TPSA) is 92.3 Å². The van der Waals surface area contributed by atoms with Crippen LogP contribution in [-0.4, -0.2) is 45.2 Å². The predicted molar refractivity (Wildman–Crippen MR) is 98.7 cm³/mol. The molecule has 3 rings (SSSR count). The second-order valence-electron chi connectivity index (χ2n) is 6.46. The average Bonchev–Trinajstić information content (AvgIpc) is 3.16. The largest absolute Gasteiger partial charge is 0.460 e. The van der Waals surface area contributed by atoms with Gasteiger partial charge in [0.25, 0.3) is 0 Å². The molecule has 2 heterocycles. The van der Waals surface area contributed by atoms with Crippen LogP contribution in [0.4, 0.5) is 0 Å². The third kappa shape index (κ3) is 4.12. The molecule has 2 aliphatic heterocycles. The molecule has 1 N–H and O–H groups in total. The van der Waals surface area contributed by atoms with E-state index in [1.165, 1.54) is 19.5 Å². The molecule has 0 amide bonds. The summed E-state index contributed by atoms with van der Waals surface area (Å²) >= 11 is 0.